The second-order valence-corrected chi connectivity index (χ2v) is 6.68. The Kier molecular flexibility index (Phi) is 5.47. The zero-order valence-electron chi connectivity index (χ0n) is 14.8. The van der Waals surface area contributed by atoms with Crippen molar-refractivity contribution in [3.63, 3.8) is 0 Å². The van der Waals surface area contributed by atoms with Gasteiger partial charge in [0, 0.05) is 19.0 Å². The molecule has 1 N–H and O–H groups in total. The van der Waals surface area contributed by atoms with Crippen LogP contribution in [0.4, 0.5) is 5.69 Å². The van der Waals surface area contributed by atoms with Gasteiger partial charge in [-0.05, 0) is 31.0 Å². The Morgan fingerprint density at radius 1 is 1.23 bits per heavy atom. The number of para-hydroxylation sites is 2. The van der Waals surface area contributed by atoms with Gasteiger partial charge in [0.1, 0.15) is 11.8 Å². The molecule has 0 aromatic heterocycles. The highest BCUT2D eigenvalue weighted by molar-refractivity contribution is 6.32. The molecule has 26 heavy (non-hydrogen) atoms. The summed E-state index contributed by atoms with van der Waals surface area (Å²) in [5.41, 5.74) is 2.74. The molecule has 0 saturated heterocycles. The quantitative estimate of drug-likeness (QED) is 0.787. The molecule has 1 heterocycles. The molecule has 3 rings (SSSR count). The average Bonchev–Trinajstić information content (AvgIpc) is 2.86. The van der Waals surface area contributed by atoms with E-state index in [0.717, 1.165) is 16.8 Å². The Bertz CT molecular complexity index is 838. The van der Waals surface area contributed by atoms with E-state index < -0.39 is 6.04 Å². The minimum Gasteiger partial charge on any atom is -0.492 e. The van der Waals surface area contributed by atoms with Gasteiger partial charge >= 0.3 is 0 Å². The largest absolute Gasteiger partial charge is 0.492 e. The van der Waals surface area contributed by atoms with Crippen LogP contribution in [-0.2, 0) is 9.59 Å². The van der Waals surface area contributed by atoms with E-state index in [2.05, 4.69) is 5.32 Å². The summed E-state index contributed by atoms with van der Waals surface area (Å²) in [4.78, 5) is 26.0. The van der Waals surface area contributed by atoms with Crippen LogP contribution in [0.15, 0.2) is 42.5 Å². The van der Waals surface area contributed by atoms with Gasteiger partial charge in [-0.15, -0.1) is 0 Å². The van der Waals surface area contributed by atoms with Gasteiger partial charge in [0.25, 0.3) is 5.91 Å². The third kappa shape index (κ3) is 3.68. The van der Waals surface area contributed by atoms with E-state index in [0.29, 0.717) is 30.3 Å². The number of rotatable bonds is 6. The van der Waals surface area contributed by atoms with Gasteiger partial charge in [-0.3, -0.25) is 9.59 Å². The number of hydrogen-bond donors (Lipinski definition) is 1. The van der Waals surface area contributed by atoms with Crippen LogP contribution < -0.4 is 15.0 Å². The molecule has 2 amide bonds. The lowest BCUT2D eigenvalue weighted by atomic mass is 10.1. The van der Waals surface area contributed by atoms with Crippen molar-refractivity contribution in [3.05, 3.63) is 58.6 Å². The number of benzene rings is 2. The molecule has 0 spiro atoms. The molecule has 2 aromatic rings. The van der Waals surface area contributed by atoms with Gasteiger partial charge in [0.05, 0.1) is 17.3 Å². The zero-order valence-corrected chi connectivity index (χ0v) is 15.5. The Labute approximate surface area is 157 Å². The second-order valence-electron chi connectivity index (χ2n) is 6.27. The Morgan fingerprint density at radius 3 is 2.73 bits per heavy atom. The maximum absolute atomic E-state index is 12.8. The number of aryl methyl sites for hydroxylation is 1. The van der Waals surface area contributed by atoms with Crippen molar-refractivity contribution in [2.24, 2.45) is 0 Å². The monoisotopic (exact) mass is 372 g/mol. The molecule has 1 aliphatic rings. The highest BCUT2D eigenvalue weighted by atomic mass is 35.5. The first-order chi connectivity index (χ1) is 12.5. The zero-order chi connectivity index (χ0) is 18.7. The number of ether oxygens (including phenoxy) is 1. The summed E-state index contributed by atoms with van der Waals surface area (Å²) >= 11 is 6.08. The second kappa shape index (κ2) is 7.79. The van der Waals surface area contributed by atoms with Gasteiger partial charge in [-0.1, -0.05) is 41.9 Å². The molecular formula is C20H21ClN2O3. The summed E-state index contributed by atoms with van der Waals surface area (Å²) in [5, 5.41) is 3.32. The molecule has 6 heteroatoms. The molecule has 1 atom stereocenters. The number of amides is 2. The van der Waals surface area contributed by atoms with Crippen molar-refractivity contribution in [1.29, 1.82) is 0 Å². The molecule has 0 saturated carbocycles. The number of fused-ring (bicyclic) bond motifs is 1. The summed E-state index contributed by atoms with van der Waals surface area (Å²) in [6, 6.07) is 12.4. The molecule has 1 aliphatic heterocycles. The molecule has 2 aromatic carbocycles. The number of halogens is 1. The Morgan fingerprint density at radius 2 is 2.00 bits per heavy atom. The topological polar surface area (TPSA) is 58.6 Å². The fourth-order valence-corrected chi connectivity index (χ4v) is 3.40. The molecule has 5 nitrogen and oxygen atoms in total. The van der Waals surface area contributed by atoms with E-state index in [-0.39, 0.29) is 11.8 Å². The molecule has 0 radical (unpaired) electrons. The Balaban J connectivity index is 1.69. The first kappa shape index (κ1) is 18.3. The number of carbonyl (C=O) groups excluding carboxylic acids is 2. The Hall–Kier alpha value is -2.53. The SMILES string of the molecule is CC(=O)NC1C(=O)N(CCCOc2ccccc2Cl)c2c(C)cccc21. The number of anilines is 1. The minimum atomic E-state index is -0.619. The summed E-state index contributed by atoms with van der Waals surface area (Å²) in [5.74, 6) is 0.302. The summed E-state index contributed by atoms with van der Waals surface area (Å²) in [7, 11) is 0. The van der Waals surface area contributed by atoms with Crippen LogP contribution in [0.5, 0.6) is 5.75 Å². The standard InChI is InChI=1S/C20H21ClN2O3/c1-13-7-5-8-15-18(22-14(2)24)20(25)23(19(13)15)11-6-12-26-17-10-4-3-9-16(17)21/h3-5,7-10,18H,6,11-12H2,1-2H3,(H,22,24). The van der Waals surface area contributed by atoms with Gasteiger partial charge < -0.3 is 15.0 Å². The molecule has 0 aliphatic carbocycles. The summed E-state index contributed by atoms with van der Waals surface area (Å²) in [6.07, 6.45) is 0.650. The third-order valence-corrected chi connectivity index (χ3v) is 4.64. The first-order valence-electron chi connectivity index (χ1n) is 8.54. The smallest absolute Gasteiger partial charge is 0.254 e. The number of nitrogens with one attached hydrogen (secondary N) is 1. The van der Waals surface area contributed by atoms with Gasteiger partial charge in [0.2, 0.25) is 5.91 Å². The van der Waals surface area contributed by atoms with Crippen LogP contribution in [-0.4, -0.2) is 25.0 Å². The predicted molar refractivity (Wildman–Crippen MR) is 102 cm³/mol. The maximum atomic E-state index is 12.8. The number of nitrogens with zero attached hydrogens (tertiary/aromatic N) is 1. The van der Waals surface area contributed by atoms with Crippen molar-refractivity contribution < 1.29 is 14.3 Å². The highest BCUT2D eigenvalue weighted by Crippen LogP contribution is 2.38. The van der Waals surface area contributed by atoms with Gasteiger partial charge in [-0.2, -0.15) is 0 Å². The summed E-state index contributed by atoms with van der Waals surface area (Å²) in [6.45, 7) is 4.34. The van der Waals surface area contributed by atoms with E-state index in [1.165, 1.54) is 6.92 Å². The van der Waals surface area contributed by atoms with Crippen molar-refractivity contribution in [2.45, 2.75) is 26.3 Å². The van der Waals surface area contributed by atoms with Crippen molar-refractivity contribution in [2.75, 3.05) is 18.1 Å². The van der Waals surface area contributed by atoms with Crippen LogP contribution in [0.25, 0.3) is 0 Å². The van der Waals surface area contributed by atoms with E-state index >= 15 is 0 Å². The normalized spacial score (nSPS) is 15.7. The van der Waals surface area contributed by atoms with Crippen molar-refractivity contribution >= 4 is 29.1 Å². The highest BCUT2D eigenvalue weighted by Gasteiger charge is 2.38. The molecule has 136 valence electrons. The predicted octanol–water partition coefficient (Wildman–Crippen LogP) is 3.64. The van der Waals surface area contributed by atoms with Crippen molar-refractivity contribution in [3.8, 4) is 5.75 Å². The lowest BCUT2D eigenvalue weighted by Gasteiger charge is -2.19. The minimum absolute atomic E-state index is 0.109. The first-order valence-corrected chi connectivity index (χ1v) is 8.92. The summed E-state index contributed by atoms with van der Waals surface area (Å²) < 4.78 is 5.70. The van der Waals surface area contributed by atoms with E-state index in [1.807, 2.05) is 43.3 Å². The lowest BCUT2D eigenvalue weighted by Crippen LogP contribution is -2.37. The fraction of sp³-hybridized carbons (Fsp3) is 0.300. The van der Waals surface area contributed by atoms with Gasteiger partial charge in [-0.25, -0.2) is 0 Å². The fourth-order valence-electron chi connectivity index (χ4n) is 3.21. The van der Waals surface area contributed by atoms with Crippen LogP contribution in [0.3, 0.4) is 0 Å². The van der Waals surface area contributed by atoms with E-state index in [4.69, 9.17) is 16.3 Å². The lowest BCUT2D eigenvalue weighted by molar-refractivity contribution is -0.126. The van der Waals surface area contributed by atoms with Gasteiger partial charge in [0.15, 0.2) is 0 Å². The number of carbonyl (C=O) groups is 2. The molecule has 0 fully saturated rings. The third-order valence-electron chi connectivity index (χ3n) is 4.33. The van der Waals surface area contributed by atoms with Crippen molar-refractivity contribution in [1.82, 2.24) is 5.32 Å². The average molecular weight is 373 g/mol. The van der Waals surface area contributed by atoms with Crippen LogP contribution >= 0.6 is 11.6 Å². The van der Waals surface area contributed by atoms with Crippen LogP contribution in [0.2, 0.25) is 5.02 Å². The van der Waals surface area contributed by atoms with E-state index in [9.17, 15) is 9.59 Å². The van der Waals surface area contributed by atoms with Crippen LogP contribution in [0, 0.1) is 6.92 Å². The molecule has 1 unspecified atom stereocenters. The molecular weight excluding hydrogens is 352 g/mol. The molecule has 0 bridgehead atoms. The van der Waals surface area contributed by atoms with Crippen LogP contribution in [0.1, 0.15) is 30.5 Å². The van der Waals surface area contributed by atoms with E-state index in [1.54, 1.807) is 11.0 Å². The maximum Gasteiger partial charge on any atom is 0.254 e. The number of hydrogen-bond acceptors (Lipinski definition) is 3.